The number of rotatable bonds is 8. The average Bonchev–Trinajstić information content (AvgIpc) is 2.68. The zero-order valence-electron chi connectivity index (χ0n) is 11.4. The van der Waals surface area contributed by atoms with Crippen molar-refractivity contribution in [3.05, 3.63) is 23.8 Å². The molecule has 0 fully saturated rings. The van der Waals surface area contributed by atoms with Gasteiger partial charge in [-0.1, -0.05) is 58.1 Å². The molecule has 1 aliphatic carbocycles. The first-order valence-corrected chi connectivity index (χ1v) is 7.22. The van der Waals surface area contributed by atoms with Gasteiger partial charge >= 0.3 is 0 Å². The first kappa shape index (κ1) is 14.2. The van der Waals surface area contributed by atoms with E-state index < -0.39 is 0 Å². The summed E-state index contributed by atoms with van der Waals surface area (Å²) in [6, 6.07) is 0. The fourth-order valence-corrected chi connectivity index (χ4v) is 2.34. The Morgan fingerprint density at radius 2 is 1.88 bits per heavy atom. The van der Waals surface area contributed by atoms with E-state index in [-0.39, 0.29) is 5.78 Å². The zero-order chi connectivity index (χ0) is 12.5. The molecule has 0 saturated heterocycles. The van der Waals surface area contributed by atoms with Crippen molar-refractivity contribution in [2.75, 3.05) is 0 Å². The van der Waals surface area contributed by atoms with Gasteiger partial charge in [-0.2, -0.15) is 0 Å². The third kappa shape index (κ3) is 4.89. The molecule has 0 spiro atoms. The summed E-state index contributed by atoms with van der Waals surface area (Å²) in [5.41, 5.74) is 1.06. The molecule has 1 nitrogen and oxygen atoms in total. The second kappa shape index (κ2) is 8.27. The van der Waals surface area contributed by atoms with Gasteiger partial charge in [0.25, 0.3) is 0 Å². The number of hydrogen-bond donors (Lipinski definition) is 0. The van der Waals surface area contributed by atoms with E-state index in [1.165, 1.54) is 38.5 Å². The van der Waals surface area contributed by atoms with E-state index in [1.807, 2.05) is 0 Å². The normalized spacial score (nSPS) is 21.6. The molecule has 0 unspecified atom stereocenters. The Bertz CT molecular complexity index is 286. The van der Waals surface area contributed by atoms with Crippen LogP contribution < -0.4 is 0 Å². The molecule has 0 aromatic heterocycles. The van der Waals surface area contributed by atoms with Gasteiger partial charge in [0.2, 0.25) is 0 Å². The number of allylic oxidation sites excluding steroid dienone is 4. The van der Waals surface area contributed by atoms with Crippen LogP contribution >= 0.6 is 0 Å². The van der Waals surface area contributed by atoms with Crippen LogP contribution in [0.4, 0.5) is 0 Å². The van der Waals surface area contributed by atoms with Crippen molar-refractivity contribution in [2.24, 2.45) is 5.92 Å². The minimum absolute atomic E-state index is 0.251. The molecule has 1 atom stereocenters. The third-order valence-electron chi connectivity index (χ3n) is 3.45. The predicted octanol–water partition coefficient (Wildman–Crippen LogP) is 4.83. The van der Waals surface area contributed by atoms with Crippen molar-refractivity contribution in [3.8, 4) is 0 Å². The van der Waals surface area contributed by atoms with Crippen molar-refractivity contribution in [3.63, 3.8) is 0 Å². The number of carbonyl (C=O) groups is 1. The van der Waals surface area contributed by atoms with Crippen molar-refractivity contribution < 1.29 is 4.79 Å². The quantitative estimate of drug-likeness (QED) is 0.434. The molecule has 0 saturated carbocycles. The van der Waals surface area contributed by atoms with Gasteiger partial charge in [-0.25, -0.2) is 0 Å². The summed E-state index contributed by atoms with van der Waals surface area (Å²) in [5.74, 6) is 0.662. The van der Waals surface area contributed by atoms with Crippen molar-refractivity contribution >= 4 is 5.78 Å². The molecule has 0 radical (unpaired) electrons. The highest BCUT2D eigenvalue weighted by Crippen LogP contribution is 2.27. The molecule has 0 amide bonds. The van der Waals surface area contributed by atoms with Crippen LogP contribution in [0, 0.1) is 5.92 Å². The Hall–Kier alpha value is -0.850. The Balaban J connectivity index is 2.37. The van der Waals surface area contributed by atoms with Crippen LogP contribution in [-0.4, -0.2) is 5.78 Å². The summed E-state index contributed by atoms with van der Waals surface area (Å²) in [6.45, 7) is 4.43. The van der Waals surface area contributed by atoms with E-state index in [2.05, 4.69) is 26.0 Å². The molecule has 17 heavy (non-hydrogen) atoms. The molecule has 0 aliphatic heterocycles. The molecular weight excluding hydrogens is 208 g/mol. The summed E-state index contributed by atoms with van der Waals surface area (Å²) in [6.07, 6.45) is 15.8. The highest BCUT2D eigenvalue weighted by Gasteiger charge is 2.21. The fourth-order valence-electron chi connectivity index (χ4n) is 2.34. The molecule has 0 N–H and O–H groups in total. The number of ketones is 1. The van der Waals surface area contributed by atoms with E-state index in [0.29, 0.717) is 5.92 Å². The van der Waals surface area contributed by atoms with E-state index in [9.17, 15) is 4.79 Å². The molecule has 1 heteroatoms. The Morgan fingerprint density at radius 3 is 2.59 bits per heavy atom. The fraction of sp³-hybridized carbons (Fsp3) is 0.688. The highest BCUT2D eigenvalue weighted by molar-refractivity contribution is 6.07. The minimum Gasteiger partial charge on any atom is -0.290 e. The maximum absolute atomic E-state index is 11.7. The minimum atomic E-state index is 0.251. The zero-order valence-corrected chi connectivity index (χ0v) is 11.4. The van der Waals surface area contributed by atoms with Gasteiger partial charge in [-0.15, -0.1) is 0 Å². The van der Waals surface area contributed by atoms with Gasteiger partial charge < -0.3 is 0 Å². The third-order valence-corrected chi connectivity index (χ3v) is 3.45. The van der Waals surface area contributed by atoms with Crippen molar-refractivity contribution in [1.82, 2.24) is 0 Å². The summed E-state index contributed by atoms with van der Waals surface area (Å²) in [7, 11) is 0. The summed E-state index contributed by atoms with van der Waals surface area (Å²) in [4.78, 5) is 11.7. The lowest BCUT2D eigenvalue weighted by Gasteiger charge is -2.09. The first-order valence-electron chi connectivity index (χ1n) is 7.22. The SMILES string of the molecule is CCCCCC/C=C1/C(=O)C=C[C@@H]1CCCC. The standard InChI is InChI=1S/C16H26O/c1-3-5-7-8-9-11-15-14(10-6-4-2)12-13-16(15)17/h11-14H,3-10H2,1-2H3/b15-11+/t14-/m0/s1. The Labute approximate surface area is 106 Å². The van der Waals surface area contributed by atoms with Gasteiger partial charge in [0.05, 0.1) is 0 Å². The van der Waals surface area contributed by atoms with E-state index in [4.69, 9.17) is 0 Å². The molecule has 1 rings (SSSR count). The Morgan fingerprint density at radius 1 is 1.12 bits per heavy atom. The van der Waals surface area contributed by atoms with Gasteiger partial charge in [0.15, 0.2) is 5.78 Å². The first-order chi connectivity index (χ1) is 8.29. The summed E-state index contributed by atoms with van der Waals surface area (Å²) >= 11 is 0. The molecule has 0 bridgehead atoms. The molecule has 0 aromatic carbocycles. The summed E-state index contributed by atoms with van der Waals surface area (Å²) < 4.78 is 0. The van der Waals surface area contributed by atoms with E-state index >= 15 is 0 Å². The molecule has 96 valence electrons. The average molecular weight is 234 g/mol. The van der Waals surface area contributed by atoms with Crippen LogP contribution in [-0.2, 0) is 4.79 Å². The topological polar surface area (TPSA) is 17.1 Å². The summed E-state index contributed by atoms with van der Waals surface area (Å²) in [5, 5.41) is 0. The number of hydrogen-bond acceptors (Lipinski definition) is 1. The van der Waals surface area contributed by atoms with Gasteiger partial charge in [0.1, 0.15) is 0 Å². The second-order valence-corrected chi connectivity index (χ2v) is 4.98. The maximum Gasteiger partial charge on any atom is 0.181 e. The highest BCUT2D eigenvalue weighted by atomic mass is 16.1. The van der Waals surface area contributed by atoms with Crippen LogP contribution in [0.25, 0.3) is 0 Å². The largest absolute Gasteiger partial charge is 0.290 e. The lowest BCUT2D eigenvalue weighted by Crippen LogP contribution is -2.03. The van der Waals surface area contributed by atoms with Crippen LogP contribution in [0.2, 0.25) is 0 Å². The monoisotopic (exact) mass is 234 g/mol. The molecule has 0 aromatic rings. The number of unbranched alkanes of at least 4 members (excludes halogenated alkanes) is 5. The van der Waals surface area contributed by atoms with Crippen molar-refractivity contribution in [1.29, 1.82) is 0 Å². The Kier molecular flexibility index (Phi) is 6.91. The number of carbonyl (C=O) groups excluding carboxylic acids is 1. The molecule has 0 heterocycles. The van der Waals surface area contributed by atoms with E-state index in [0.717, 1.165) is 18.4 Å². The van der Waals surface area contributed by atoms with Gasteiger partial charge in [-0.3, -0.25) is 4.79 Å². The van der Waals surface area contributed by atoms with Crippen LogP contribution in [0.15, 0.2) is 23.8 Å². The smallest absolute Gasteiger partial charge is 0.181 e. The predicted molar refractivity (Wildman–Crippen MR) is 74.0 cm³/mol. The van der Waals surface area contributed by atoms with Crippen molar-refractivity contribution in [2.45, 2.75) is 65.2 Å². The lowest BCUT2D eigenvalue weighted by atomic mass is 9.95. The molecule has 1 aliphatic rings. The lowest BCUT2D eigenvalue weighted by molar-refractivity contribution is -0.111. The maximum atomic E-state index is 11.7. The van der Waals surface area contributed by atoms with Crippen LogP contribution in [0.1, 0.15) is 65.2 Å². The second-order valence-electron chi connectivity index (χ2n) is 4.98. The van der Waals surface area contributed by atoms with Crippen LogP contribution in [0.5, 0.6) is 0 Å². The van der Waals surface area contributed by atoms with Gasteiger partial charge in [0, 0.05) is 11.5 Å². The molecular formula is C16H26O. The van der Waals surface area contributed by atoms with E-state index in [1.54, 1.807) is 6.08 Å². The van der Waals surface area contributed by atoms with Gasteiger partial charge in [-0.05, 0) is 25.3 Å². The van der Waals surface area contributed by atoms with Crippen LogP contribution in [0.3, 0.4) is 0 Å².